The van der Waals surface area contributed by atoms with E-state index in [1.165, 1.54) is 7.05 Å². The van der Waals surface area contributed by atoms with Crippen LogP contribution in [-0.4, -0.2) is 43.8 Å². The number of nitrogens with zero attached hydrogens (tertiary/aromatic N) is 2. The normalized spacial score (nSPS) is 12.2. The van der Waals surface area contributed by atoms with Crippen LogP contribution < -0.4 is 15.2 Å². The van der Waals surface area contributed by atoms with E-state index in [2.05, 4.69) is 20.0 Å². The summed E-state index contributed by atoms with van der Waals surface area (Å²) in [5, 5.41) is 17.2. The van der Waals surface area contributed by atoms with Crippen LogP contribution in [0.15, 0.2) is 23.3 Å². The van der Waals surface area contributed by atoms with Crippen LogP contribution in [0, 0.1) is 0 Å². The smallest absolute Gasteiger partial charge is 0.298 e. The van der Waals surface area contributed by atoms with E-state index in [1.54, 1.807) is 30.1 Å². The van der Waals surface area contributed by atoms with Gasteiger partial charge in [-0.3, -0.25) is 9.98 Å². The molecule has 1 heterocycles. The summed E-state index contributed by atoms with van der Waals surface area (Å²) in [4.78, 5) is 7.77. The molecule has 1 aromatic heterocycles. The van der Waals surface area contributed by atoms with Crippen molar-refractivity contribution in [3.8, 4) is 5.75 Å². The third-order valence-electron chi connectivity index (χ3n) is 2.11. The third-order valence-corrected chi connectivity index (χ3v) is 3.55. The van der Waals surface area contributed by atoms with Crippen LogP contribution in [0.5, 0.6) is 5.75 Å². The van der Waals surface area contributed by atoms with Gasteiger partial charge in [-0.2, -0.15) is 20.2 Å². The van der Waals surface area contributed by atoms with E-state index in [1.807, 2.05) is 0 Å². The number of hydrogen-bond donors (Lipinski definition) is 4. The summed E-state index contributed by atoms with van der Waals surface area (Å²) in [6, 6.07) is 3.24. The zero-order valence-electron chi connectivity index (χ0n) is 10.9. The Morgan fingerprint density at radius 2 is 2.35 bits per heavy atom. The van der Waals surface area contributed by atoms with Gasteiger partial charge in [0, 0.05) is 31.3 Å². The lowest BCUT2D eigenvalue weighted by atomic mass is 10.3. The minimum Gasteiger partial charge on any atom is -0.506 e. The van der Waals surface area contributed by atoms with Gasteiger partial charge in [0.1, 0.15) is 5.75 Å². The number of guanidine groups is 1. The van der Waals surface area contributed by atoms with Gasteiger partial charge >= 0.3 is 0 Å². The molecule has 20 heavy (non-hydrogen) atoms. The van der Waals surface area contributed by atoms with Gasteiger partial charge in [0.15, 0.2) is 0 Å². The van der Waals surface area contributed by atoms with Crippen LogP contribution in [0.4, 0.5) is 0 Å². The minimum absolute atomic E-state index is 0.0915. The summed E-state index contributed by atoms with van der Waals surface area (Å²) in [7, 11) is -2.38. The molecule has 0 aliphatic heterocycles. The molecule has 0 aliphatic rings. The Labute approximate surface area is 122 Å². The van der Waals surface area contributed by atoms with E-state index in [4.69, 9.17) is 5.14 Å². The van der Waals surface area contributed by atoms with Gasteiger partial charge in [-0.15, -0.1) is 0 Å². The van der Waals surface area contributed by atoms with Crippen LogP contribution >= 0.6 is 11.8 Å². The predicted molar refractivity (Wildman–Crippen MR) is 79.7 cm³/mol. The molecule has 112 valence electrons. The molecule has 0 aliphatic carbocycles. The van der Waals surface area contributed by atoms with Crippen LogP contribution in [-0.2, 0) is 16.0 Å². The van der Waals surface area contributed by atoms with Crippen molar-refractivity contribution < 1.29 is 13.5 Å². The SMILES string of the molecule is CN=C(NCCSCc1ncccc1O)NS(N)(=O)=O. The fraction of sp³-hybridized carbons (Fsp3) is 0.400. The lowest BCUT2D eigenvalue weighted by molar-refractivity contribution is 0.467. The Bertz CT molecular complexity index is 562. The summed E-state index contributed by atoms with van der Waals surface area (Å²) in [6.07, 6.45) is 1.62. The van der Waals surface area contributed by atoms with Gasteiger partial charge in [0.05, 0.1) is 5.69 Å². The lowest BCUT2D eigenvalue weighted by Gasteiger charge is -2.09. The molecular formula is C10H17N5O3S2. The Morgan fingerprint density at radius 1 is 1.60 bits per heavy atom. The maximum absolute atomic E-state index is 10.8. The summed E-state index contributed by atoms with van der Waals surface area (Å²) in [6.45, 7) is 0.494. The Kier molecular flexibility index (Phi) is 6.55. The number of nitrogens with two attached hydrogens (primary N) is 1. The first kappa shape index (κ1) is 16.5. The zero-order chi connectivity index (χ0) is 15.0. The lowest BCUT2D eigenvalue weighted by Crippen LogP contribution is -2.44. The van der Waals surface area contributed by atoms with Crippen LogP contribution in [0.1, 0.15) is 5.69 Å². The average molecular weight is 319 g/mol. The number of rotatable bonds is 6. The molecule has 0 spiro atoms. The van der Waals surface area contributed by atoms with Gasteiger partial charge < -0.3 is 10.4 Å². The van der Waals surface area contributed by atoms with Crippen molar-refractivity contribution in [2.24, 2.45) is 10.1 Å². The molecule has 0 fully saturated rings. The maximum atomic E-state index is 10.8. The second-order valence-electron chi connectivity index (χ2n) is 3.67. The molecule has 10 heteroatoms. The Hall–Kier alpha value is -1.52. The van der Waals surface area contributed by atoms with E-state index in [-0.39, 0.29) is 11.7 Å². The molecule has 1 aromatic rings. The van der Waals surface area contributed by atoms with Gasteiger partial charge in [-0.25, -0.2) is 9.86 Å². The van der Waals surface area contributed by atoms with Crippen molar-refractivity contribution >= 4 is 27.9 Å². The van der Waals surface area contributed by atoms with E-state index >= 15 is 0 Å². The highest BCUT2D eigenvalue weighted by Crippen LogP contribution is 2.18. The molecule has 5 N–H and O–H groups in total. The molecule has 1 rings (SSSR count). The van der Waals surface area contributed by atoms with Gasteiger partial charge in [0.2, 0.25) is 5.96 Å². The number of aliphatic imine (C=N–C) groups is 1. The number of aromatic hydroxyl groups is 1. The van der Waals surface area contributed by atoms with Crippen molar-refractivity contribution in [3.05, 3.63) is 24.0 Å². The molecule has 0 atom stereocenters. The molecule has 0 saturated heterocycles. The van der Waals surface area contributed by atoms with Crippen molar-refractivity contribution in [1.29, 1.82) is 0 Å². The highest BCUT2D eigenvalue weighted by atomic mass is 32.2. The highest BCUT2D eigenvalue weighted by Gasteiger charge is 2.05. The van der Waals surface area contributed by atoms with Crippen LogP contribution in [0.3, 0.4) is 0 Å². The summed E-state index contributed by atoms with van der Waals surface area (Å²) in [5.41, 5.74) is 0.615. The van der Waals surface area contributed by atoms with Gasteiger partial charge in [0.25, 0.3) is 10.2 Å². The molecule has 0 saturated carbocycles. The molecule has 8 nitrogen and oxygen atoms in total. The largest absolute Gasteiger partial charge is 0.506 e. The van der Waals surface area contributed by atoms with E-state index < -0.39 is 10.2 Å². The van der Waals surface area contributed by atoms with Crippen LogP contribution in [0.2, 0.25) is 0 Å². The fourth-order valence-electron chi connectivity index (χ4n) is 1.25. The van der Waals surface area contributed by atoms with Gasteiger partial charge in [-0.1, -0.05) is 0 Å². The summed E-state index contributed by atoms with van der Waals surface area (Å²) >= 11 is 1.54. The molecule has 0 amide bonds. The van der Waals surface area contributed by atoms with E-state index in [0.29, 0.717) is 23.7 Å². The molecular weight excluding hydrogens is 302 g/mol. The van der Waals surface area contributed by atoms with Gasteiger partial charge in [-0.05, 0) is 12.1 Å². The second kappa shape index (κ2) is 7.92. The predicted octanol–water partition coefficient (Wildman–Crippen LogP) is -0.611. The molecule has 0 aromatic carbocycles. The number of aromatic nitrogens is 1. The maximum Gasteiger partial charge on any atom is 0.298 e. The number of pyridine rings is 1. The molecule has 0 bridgehead atoms. The second-order valence-corrected chi connectivity index (χ2v) is 6.07. The number of hydrogen-bond acceptors (Lipinski definition) is 6. The highest BCUT2D eigenvalue weighted by molar-refractivity contribution is 7.98. The number of thioether (sulfide) groups is 1. The van der Waals surface area contributed by atoms with Crippen LogP contribution in [0.25, 0.3) is 0 Å². The van der Waals surface area contributed by atoms with Crippen molar-refractivity contribution in [3.63, 3.8) is 0 Å². The fourth-order valence-corrected chi connectivity index (χ4v) is 2.49. The Balaban J connectivity index is 2.27. The number of nitrogens with one attached hydrogen (secondary N) is 2. The Morgan fingerprint density at radius 3 is 2.95 bits per heavy atom. The molecule has 0 radical (unpaired) electrons. The standard InChI is InChI=1S/C10H17N5O3S2/c1-12-10(15-20(11,17)18)14-5-6-19-7-8-9(16)3-2-4-13-8/h2-4,16H,5-7H2,1H3,(H2,11,17,18)(H2,12,14,15). The van der Waals surface area contributed by atoms with Crippen molar-refractivity contribution in [2.75, 3.05) is 19.3 Å². The molecule has 0 unspecified atom stereocenters. The van der Waals surface area contributed by atoms with E-state index in [9.17, 15) is 13.5 Å². The van der Waals surface area contributed by atoms with Crippen molar-refractivity contribution in [1.82, 2.24) is 15.0 Å². The van der Waals surface area contributed by atoms with E-state index in [0.717, 1.165) is 0 Å². The summed E-state index contributed by atoms with van der Waals surface area (Å²) < 4.78 is 23.7. The minimum atomic E-state index is -3.82. The monoisotopic (exact) mass is 319 g/mol. The topological polar surface area (TPSA) is 130 Å². The quantitative estimate of drug-likeness (QED) is 0.314. The summed E-state index contributed by atoms with van der Waals surface area (Å²) in [5.74, 6) is 1.50. The zero-order valence-corrected chi connectivity index (χ0v) is 12.5. The third kappa shape index (κ3) is 6.59. The first-order chi connectivity index (χ1) is 9.42. The first-order valence-electron chi connectivity index (χ1n) is 5.64. The average Bonchev–Trinajstić information content (AvgIpc) is 2.37. The van der Waals surface area contributed by atoms with Crippen molar-refractivity contribution in [2.45, 2.75) is 5.75 Å². The first-order valence-corrected chi connectivity index (χ1v) is 8.34.